The van der Waals surface area contributed by atoms with Crippen LogP contribution in [-0.4, -0.2) is 15.1 Å². The molecule has 0 aliphatic carbocycles. The van der Waals surface area contributed by atoms with Crippen molar-refractivity contribution in [3.8, 4) is 11.4 Å². The molecule has 0 spiro atoms. The number of pyridine rings is 1. The molecular formula is C12H7N3O3. The second-order valence-corrected chi connectivity index (χ2v) is 3.68. The standard InChI is InChI=1S/C12H7N3O3/c16-15(17)8-4-5-11-9(7-8)12(14-18-11)10-3-1-2-6-13-10/h1-7H. The van der Waals surface area contributed by atoms with Gasteiger partial charge < -0.3 is 4.52 Å². The molecule has 3 rings (SSSR count). The molecule has 3 aromatic rings. The van der Waals surface area contributed by atoms with Crippen molar-refractivity contribution in [2.45, 2.75) is 0 Å². The van der Waals surface area contributed by atoms with E-state index < -0.39 is 4.92 Å². The number of nitrogens with zero attached hydrogens (tertiary/aromatic N) is 3. The van der Waals surface area contributed by atoms with Gasteiger partial charge in [-0.15, -0.1) is 0 Å². The third-order valence-electron chi connectivity index (χ3n) is 2.57. The molecular weight excluding hydrogens is 234 g/mol. The fourth-order valence-corrected chi connectivity index (χ4v) is 1.73. The molecule has 0 N–H and O–H groups in total. The molecule has 0 radical (unpaired) electrons. The molecule has 0 bridgehead atoms. The molecule has 0 aliphatic heterocycles. The highest BCUT2D eigenvalue weighted by atomic mass is 16.6. The van der Waals surface area contributed by atoms with Crippen molar-refractivity contribution in [2.24, 2.45) is 0 Å². The molecule has 0 unspecified atom stereocenters. The van der Waals surface area contributed by atoms with Gasteiger partial charge in [0.25, 0.3) is 5.69 Å². The lowest BCUT2D eigenvalue weighted by Crippen LogP contribution is -1.87. The molecule has 0 fully saturated rings. The Morgan fingerprint density at radius 3 is 2.83 bits per heavy atom. The lowest BCUT2D eigenvalue weighted by molar-refractivity contribution is -0.384. The average molecular weight is 241 g/mol. The fraction of sp³-hybridized carbons (Fsp3) is 0. The molecule has 0 atom stereocenters. The summed E-state index contributed by atoms with van der Waals surface area (Å²) in [5.74, 6) is 0. The normalized spacial score (nSPS) is 10.7. The first-order chi connectivity index (χ1) is 8.75. The molecule has 1 aromatic carbocycles. The molecule has 2 heterocycles. The van der Waals surface area contributed by atoms with Crippen LogP contribution >= 0.6 is 0 Å². The minimum atomic E-state index is -0.450. The Morgan fingerprint density at radius 1 is 1.22 bits per heavy atom. The predicted octanol–water partition coefficient (Wildman–Crippen LogP) is 2.80. The van der Waals surface area contributed by atoms with Crippen molar-refractivity contribution in [3.05, 3.63) is 52.7 Å². The molecule has 0 amide bonds. The first kappa shape index (κ1) is 10.4. The van der Waals surface area contributed by atoms with Gasteiger partial charge >= 0.3 is 0 Å². The van der Waals surface area contributed by atoms with Crippen molar-refractivity contribution in [3.63, 3.8) is 0 Å². The summed E-state index contributed by atoms with van der Waals surface area (Å²) < 4.78 is 5.13. The van der Waals surface area contributed by atoms with Gasteiger partial charge in [0.2, 0.25) is 0 Å². The number of nitro benzene ring substituents is 1. The maximum Gasteiger partial charge on any atom is 0.270 e. The smallest absolute Gasteiger partial charge is 0.270 e. The zero-order valence-electron chi connectivity index (χ0n) is 9.11. The number of aromatic nitrogens is 2. The van der Waals surface area contributed by atoms with E-state index in [9.17, 15) is 10.1 Å². The zero-order chi connectivity index (χ0) is 12.5. The third kappa shape index (κ3) is 1.60. The molecule has 0 saturated heterocycles. The monoisotopic (exact) mass is 241 g/mol. The summed E-state index contributed by atoms with van der Waals surface area (Å²) in [7, 11) is 0. The van der Waals surface area contributed by atoms with E-state index >= 15 is 0 Å². The number of hydrogen-bond acceptors (Lipinski definition) is 5. The largest absolute Gasteiger partial charge is 0.356 e. The van der Waals surface area contributed by atoms with E-state index in [0.29, 0.717) is 22.4 Å². The summed E-state index contributed by atoms with van der Waals surface area (Å²) in [5.41, 5.74) is 1.63. The molecule has 88 valence electrons. The van der Waals surface area contributed by atoms with Crippen LogP contribution in [0.3, 0.4) is 0 Å². The minimum Gasteiger partial charge on any atom is -0.356 e. The summed E-state index contributed by atoms with van der Waals surface area (Å²) in [4.78, 5) is 14.5. The summed E-state index contributed by atoms with van der Waals surface area (Å²) in [5, 5.41) is 15.2. The van der Waals surface area contributed by atoms with Gasteiger partial charge in [0.05, 0.1) is 16.0 Å². The maximum atomic E-state index is 10.8. The Hall–Kier alpha value is -2.76. The highest BCUT2D eigenvalue weighted by Crippen LogP contribution is 2.29. The van der Waals surface area contributed by atoms with E-state index in [-0.39, 0.29) is 5.69 Å². The van der Waals surface area contributed by atoms with E-state index in [1.165, 1.54) is 18.2 Å². The third-order valence-corrected chi connectivity index (χ3v) is 2.57. The second-order valence-electron chi connectivity index (χ2n) is 3.68. The summed E-state index contributed by atoms with van der Waals surface area (Å²) in [6, 6.07) is 9.74. The van der Waals surface area contributed by atoms with Gasteiger partial charge in [-0.2, -0.15) is 0 Å². The van der Waals surface area contributed by atoms with Gasteiger partial charge in [-0.3, -0.25) is 15.1 Å². The highest BCUT2D eigenvalue weighted by Gasteiger charge is 2.15. The molecule has 0 aliphatic rings. The van der Waals surface area contributed by atoms with Crippen LogP contribution in [0.5, 0.6) is 0 Å². The van der Waals surface area contributed by atoms with E-state index in [2.05, 4.69) is 10.1 Å². The fourth-order valence-electron chi connectivity index (χ4n) is 1.73. The molecule has 0 saturated carbocycles. The molecule has 2 aromatic heterocycles. The van der Waals surface area contributed by atoms with Gasteiger partial charge in [0.1, 0.15) is 5.69 Å². The van der Waals surface area contributed by atoms with Gasteiger partial charge in [0.15, 0.2) is 5.58 Å². The van der Waals surface area contributed by atoms with Crippen molar-refractivity contribution in [2.75, 3.05) is 0 Å². The van der Waals surface area contributed by atoms with Crippen LogP contribution < -0.4 is 0 Å². The lowest BCUT2D eigenvalue weighted by atomic mass is 10.1. The van der Waals surface area contributed by atoms with Gasteiger partial charge in [-0.1, -0.05) is 11.2 Å². The minimum absolute atomic E-state index is 0.00267. The first-order valence-corrected chi connectivity index (χ1v) is 5.21. The Labute approximate surface area is 101 Å². The van der Waals surface area contributed by atoms with Crippen LogP contribution in [0.1, 0.15) is 0 Å². The van der Waals surface area contributed by atoms with E-state index in [1.54, 1.807) is 18.3 Å². The van der Waals surface area contributed by atoms with Crippen LogP contribution in [-0.2, 0) is 0 Å². The van der Waals surface area contributed by atoms with Crippen LogP contribution in [0.25, 0.3) is 22.4 Å². The maximum absolute atomic E-state index is 10.8. The van der Waals surface area contributed by atoms with Gasteiger partial charge in [-0.25, -0.2) is 0 Å². The molecule has 18 heavy (non-hydrogen) atoms. The van der Waals surface area contributed by atoms with Gasteiger partial charge in [-0.05, 0) is 18.2 Å². The van der Waals surface area contributed by atoms with Crippen LogP contribution in [0.2, 0.25) is 0 Å². The van der Waals surface area contributed by atoms with Crippen LogP contribution in [0, 0.1) is 10.1 Å². The Morgan fingerprint density at radius 2 is 2.11 bits per heavy atom. The first-order valence-electron chi connectivity index (χ1n) is 5.21. The van der Waals surface area contributed by atoms with Crippen molar-refractivity contribution in [1.82, 2.24) is 10.1 Å². The van der Waals surface area contributed by atoms with E-state index in [0.717, 1.165) is 0 Å². The Balaban J connectivity index is 2.24. The average Bonchev–Trinajstić information content (AvgIpc) is 2.82. The number of rotatable bonds is 2. The van der Waals surface area contributed by atoms with Crippen LogP contribution in [0.4, 0.5) is 5.69 Å². The van der Waals surface area contributed by atoms with Crippen molar-refractivity contribution < 1.29 is 9.45 Å². The van der Waals surface area contributed by atoms with Crippen LogP contribution in [0.15, 0.2) is 47.1 Å². The number of benzene rings is 1. The second kappa shape index (κ2) is 3.92. The summed E-state index contributed by atoms with van der Waals surface area (Å²) in [6.07, 6.45) is 1.63. The Bertz CT molecular complexity index is 722. The summed E-state index contributed by atoms with van der Waals surface area (Å²) >= 11 is 0. The van der Waals surface area contributed by atoms with Gasteiger partial charge in [0, 0.05) is 18.3 Å². The number of fused-ring (bicyclic) bond motifs is 1. The SMILES string of the molecule is O=[N+]([O-])c1ccc2onc(-c3ccccn3)c2c1. The molecule has 6 nitrogen and oxygen atoms in total. The highest BCUT2D eigenvalue weighted by molar-refractivity contribution is 5.91. The quantitative estimate of drug-likeness (QED) is 0.509. The van der Waals surface area contributed by atoms with Crippen molar-refractivity contribution in [1.29, 1.82) is 0 Å². The predicted molar refractivity (Wildman–Crippen MR) is 63.9 cm³/mol. The lowest BCUT2D eigenvalue weighted by Gasteiger charge is -1.94. The topological polar surface area (TPSA) is 82.1 Å². The molecule has 6 heteroatoms. The van der Waals surface area contributed by atoms with E-state index in [1.807, 2.05) is 6.07 Å². The van der Waals surface area contributed by atoms with Crippen molar-refractivity contribution >= 4 is 16.7 Å². The number of non-ortho nitro benzene ring substituents is 1. The Kier molecular flexibility index (Phi) is 2.26. The summed E-state index contributed by atoms with van der Waals surface area (Å²) in [6.45, 7) is 0. The number of nitro groups is 1. The number of hydrogen-bond donors (Lipinski definition) is 0. The zero-order valence-corrected chi connectivity index (χ0v) is 9.11. The van der Waals surface area contributed by atoms with E-state index in [4.69, 9.17) is 4.52 Å².